The molecule has 1 aromatic rings. The molecule has 2 amide bonds. The molecule has 2 aliphatic heterocycles. The molecule has 2 saturated heterocycles. The lowest BCUT2D eigenvalue weighted by Gasteiger charge is -2.32. The third-order valence-corrected chi connectivity index (χ3v) is 6.59. The highest BCUT2D eigenvalue weighted by Gasteiger charge is 2.45. The minimum atomic E-state index is -0.650. The summed E-state index contributed by atoms with van der Waals surface area (Å²) in [7, 11) is 0. The number of guanidine groups is 1. The summed E-state index contributed by atoms with van der Waals surface area (Å²) in [6.45, 7) is 8.28. The molecule has 0 spiro atoms. The van der Waals surface area contributed by atoms with E-state index in [9.17, 15) is 9.59 Å². The largest absolute Gasteiger partial charge is 0.342 e. The molecule has 0 aromatic carbocycles. The summed E-state index contributed by atoms with van der Waals surface area (Å²) in [6.07, 6.45) is 4.06. The number of carbonyl (C=O) groups excluding carboxylic acids is 2. The molecule has 6 nitrogen and oxygen atoms in total. The van der Waals surface area contributed by atoms with E-state index in [0.29, 0.717) is 24.8 Å². The number of nitrogens with zero attached hydrogens (tertiary/aromatic N) is 2. The molecule has 1 unspecified atom stereocenters. The first kappa shape index (κ1) is 20.8. The zero-order chi connectivity index (χ0) is 20.3. The number of amides is 2. The summed E-state index contributed by atoms with van der Waals surface area (Å²) in [5.41, 5.74) is 0.447. The van der Waals surface area contributed by atoms with Crippen LogP contribution in [0.15, 0.2) is 16.8 Å². The maximum absolute atomic E-state index is 12.8. The fourth-order valence-corrected chi connectivity index (χ4v) is 5.08. The molecule has 28 heavy (non-hydrogen) atoms. The Morgan fingerprint density at radius 1 is 1.39 bits per heavy atom. The van der Waals surface area contributed by atoms with Crippen LogP contribution in [-0.2, 0) is 16.0 Å². The fourth-order valence-electron chi connectivity index (χ4n) is 4.41. The highest BCUT2D eigenvalue weighted by Crippen LogP contribution is 2.27. The van der Waals surface area contributed by atoms with E-state index in [-0.39, 0.29) is 17.8 Å². The van der Waals surface area contributed by atoms with Crippen molar-refractivity contribution in [3.8, 4) is 0 Å². The van der Waals surface area contributed by atoms with Crippen LogP contribution < -0.4 is 5.32 Å². The Balaban J connectivity index is 1.44. The van der Waals surface area contributed by atoms with Crippen LogP contribution in [0.1, 0.15) is 52.0 Å². The number of hydrogen-bond acceptors (Lipinski definition) is 4. The van der Waals surface area contributed by atoms with Crippen molar-refractivity contribution in [2.75, 3.05) is 19.6 Å². The van der Waals surface area contributed by atoms with Gasteiger partial charge in [-0.25, -0.2) is 0 Å². The molecule has 1 atom stereocenters. The van der Waals surface area contributed by atoms with Crippen molar-refractivity contribution < 1.29 is 9.59 Å². The Bertz CT molecular complexity index is 710. The quantitative estimate of drug-likeness (QED) is 0.733. The number of rotatable bonds is 7. The van der Waals surface area contributed by atoms with Crippen LogP contribution in [0, 0.1) is 17.2 Å². The van der Waals surface area contributed by atoms with Crippen LogP contribution >= 0.6 is 11.3 Å². The van der Waals surface area contributed by atoms with Gasteiger partial charge in [-0.3, -0.25) is 19.9 Å². The number of nitrogens with one attached hydrogen (secondary N) is 2. The molecular weight excluding hydrogens is 372 g/mol. The Labute approximate surface area is 171 Å². The van der Waals surface area contributed by atoms with Gasteiger partial charge in [-0.05, 0) is 66.8 Å². The van der Waals surface area contributed by atoms with E-state index in [2.05, 4.69) is 19.2 Å². The zero-order valence-corrected chi connectivity index (χ0v) is 18.0. The second-order valence-corrected chi connectivity index (χ2v) is 9.56. The van der Waals surface area contributed by atoms with Crippen LogP contribution in [0.4, 0.5) is 0 Å². The van der Waals surface area contributed by atoms with Crippen molar-refractivity contribution in [3.63, 3.8) is 0 Å². The van der Waals surface area contributed by atoms with Crippen LogP contribution in [0.3, 0.4) is 0 Å². The van der Waals surface area contributed by atoms with Crippen molar-refractivity contribution in [2.45, 2.75) is 58.4 Å². The summed E-state index contributed by atoms with van der Waals surface area (Å²) < 4.78 is 0. The van der Waals surface area contributed by atoms with Gasteiger partial charge in [-0.2, -0.15) is 11.3 Å². The van der Waals surface area contributed by atoms with Gasteiger partial charge in [-0.1, -0.05) is 13.8 Å². The summed E-state index contributed by atoms with van der Waals surface area (Å²) in [5.74, 6) is 1.36. The minimum Gasteiger partial charge on any atom is -0.342 e. The predicted octanol–water partition coefficient (Wildman–Crippen LogP) is 3.09. The number of piperidine rings is 1. The van der Waals surface area contributed by atoms with Crippen LogP contribution in [0.2, 0.25) is 0 Å². The van der Waals surface area contributed by atoms with E-state index >= 15 is 0 Å². The van der Waals surface area contributed by atoms with Crippen LogP contribution in [-0.4, -0.2) is 52.7 Å². The molecule has 0 radical (unpaired) electrons. The standard InChI is InChI=1S/C21H32N4O2S/c1-15(2)13-21(3)19(27)25(20(22)23-21)10-6-16-4-8-24(9-5-16)18(26)12-17-7-11-28-14-17/h7,11,14-16H,4-6,8-10,12-13H2,1-3H3,(H2,22,23). The SMILES string of the molecule is CC(C)CC1(C)NC(=N)N(CCC2CCN(C(=O)Cc3ccsc3)CC2)C1=O. The van der Waals surface area contributed by atoms with Crippen molar-refractivity contribution in [2.24, 2.45) is 11.8 Å². The lowest BCUT2D eigenvalue weighted by atomic mass is 9.90. The molecule has 2 N–H and O–H groups in total. The van der Waals surface area contributed by atoms with Gasteiger partial charge in [0.1, 0.15) is 5.54 Å². The van der Waals surface area contributed by atoms with Crippen molar-refractivity contribution in [1.29, 1.82) is 5.41 Å². The average Bonchev–Trinajstić information content (AvgIpc) is 3.20. The van der Waals surface area contributed by atoms with Gasteiger partial charge in [0, 0.05) is 19.6 Å². The molecule has 154 valence electrons. The first-order valence-electron chi connectivity index (χ1n) is 10.3. The van der Waals surface area contributed by atoms with E-state index in [1.165, 1.54) is 0 Å². The predicted molar refractivity (Wildman–Crippen MR) is 112 cm³/mol. The lowest BCUT2D eigenvalue weighted by Crippen LogP contribution is -2.45. The molecule has 3 rings (SSSR count). The maximum atomic E-state index is 12.8. The summed E-state index contributed by atoms with van der Waals surface area (Å²) >= 11 is 1.63. The Morgan fingerprint density at radius 3 is 2.71 bits per heavy atom. The first-order valence-corrected chi connectivity index (χ1v) is 11.2. The van der Waals surface area contributed by atoms with Gasteiger partial charge in [-0.15, -0.1) is 0 Å². The molecule has 0 aliphatic carbocycles. The van der Waals surface area contributed by atoms with Crippen molar-refractivity contribution >= 4 is 29.1 Å². The van der Waals surface area contributed by atoms with Crippen LogP contribution in [0.5, 0.6) is 0 Å². The molecular formula is C21H32N4O2S. The Kier molecular flexibility index (Phi) is 6.43. The van der Waals surface area contributed by atoms with Crippen LogP contribution in [0.25, 0.3) is 0 Å². The van der Waals surface area contributed by atoms with E-state index in [4.69, 9.17) is 5.41 Å². The average molecular weight is 405 g/mol. The normalized spacial score (nSPS) is 23.6. The minimum absolute atomic E-state index is 0.0228. The number of carbonyl (C=O) groups is 2. The Morgan fingerprint density at radius 2 is 2.11 bits per heavy atom. The molecule has 0 saturated carbocycles. The number of likely N-dealkylation sites (tertiary alicyclic amines) is 1. The summed E-state index contributed by atoms with van der Waals surface area (Å²) in [6, 6.07) is 2.01. The van der Waals surface area contributed by atoms with E-state index in [1.807, 2.05) is 28.7 Å². The van der Waals surface area contributed by atoms with Gasteiger partial charge in [0.15, 0.2) is 5.96 Å². The number of thiophene rings is 1. The highest BCUT2D eigenvalue weighted by atomic mass is 32.1. The molecule has 0 bridgehead atoms. The Hall–Kier alpha value is -1.89. The molecule has 1 aromatic heterocycles. The zero-order valence-electron chi connectivity index (χ0n) is 17.2. The maximum Gasteiger partial charge on any atom is 0.254 e. The molecule has 2 fully saturated rings. The monoisotopic (exact) mass is 404 g/mol. The fraction of sp³-hybridized carbons (Fsp3) is 0.667. The van der Waals surface area contributed by atoms with Gasteiger partial charge in [0.2, 0.25) is 5.91 Å². The van der Waals surface area contributed by atoms with Gasteiger partial charge < -0.3 is 10.2 Å². The summed E-state index contributed by atoms with van der Waals surface area (Å²) in [5, 5.41) is 15.3. The van der Waals surface area contributed by atoms with E-state index in [1.54, 1.807) is 16.2 Å². The third kappa shape index (κ3) is 4.74. The van der Waals surface area contributed by atoms with Crippen molar-refractivity contribution in [1.82, 2.24) is 15.1 Å². The second-order valence-electron chi connectivity index (χ2n) is 8.78. The van der Waals surface area contributed by atoms with Gasteiger partial charge in [0.05, 0.1) is 6.42 Å². The van der Waals surface area contributed by atoms with E-state index in [0.717, 1.165) is 44.3 Å². The second kappa shape index (κ2) is 8.64. The van der Waals surface area contributed by atoms with Gasteiger partial charge in [0.25, 0.3) is 5.91 Å². The smallest absolute Gasteiger partial charge is 0.254 e. The third-order valence-electron chi connectivity index (χ3n) is 5.86. The first-order chi connectivity index (χ1) is 13.3. The lowest BCUT2D eigenvalue weighted by molar-refractivity contribution is -0.131. The van der Waals surface area contributed by atoms with Crippen molar-refractivity contribution in [3.05, 3.63) is 22.4 Å². The topological polar surface area (TPSA) is 76.5 Å². The number of hydrogen-bond donors (Lipinski definition) is 2. The summed E-state index contributed by atoms with van der Waals surface area (Å²) in [4.78, 5) is 28.8. The molecule has 2 aliphatic rings. The van der Waals surface area contributed by atoms with E-state index < -0.39 is 5.54 Å². The van der Waals surface area contributed by atoms with Gasteiger partial charge >= 0.3 is 0 Å². The molecule has 7 heteroatoms. The highest BCUT2D eigenvalue weighted by molar-refractivity contribution is 7.08. The molecule has 3 heterocycles.